The Labute approximate surface area is 186 Å². The summed E-state index contributed by atoms with van der Waals surface area (Å²) in [4.78, 5) is 19.9. The van der Waals surface area contributed by atoms with Crippen LogP contribution in [0.1, 0.15) is 5.56 Å². The number of ether oxygens (including phenoxy) is 1. The van der Waals surface area contributed by atoms with E-state index in [4.69, 9.17) is 10.5 Å². The van der Waals surface area contributed by atoms with Crippen molar-refractivity contribution in [2.24, 2.45) is 5.73 Å². The number of amides is 1. The molecule has 0 fully saturated rings. The van der Waals surface area contributed by atoms with E-state index in [-0.39, 0.29) is 11.7 Å². The fourth-order valence-electron chi connectivity index (χ4n) is 2.95. The van der Waals surface area contributed by atoms with Crippen molar-refractivity contribution in [2.45, 2.75) is 0 Å². The quantitative estimate of drug-likeness (QED) is 0.343. The molecule has 4 rings (SSSR count). The lowest BCUT2D eigenvalue weighted by molar-refractivity contribution is -0.112. The summed E-state index contributed by atoms with van der Waals surface area (Å²) in [6.07, 6.45) is 1.50. The SMILES string of the molecule is C=C(C(N)=O)c1ccc(-c2cc(Nc3ccc(Oc4ccccc4)cc3)ncn2)cc1.N. The second-order valence-corrected chi connectivity index (χ2v) is 6.77. The second-order valence-electron chi connectivity index (χ2n) is 6.77. The standard InChI is InChI=1S/C25H20N4O2.H3N/c1-17(25(26)30)18-7-9-19(10-8-18)23-15-24(28-16-27-23)29-20-11-13-22(14-12-20)31-21-5-3-2-4-6-21;/h2-16H,1H2,(H2,26,30)(H,27,28,29);1H3. The van der Waals surface area contributed by atoms with Gasteiger partial charge in [-0.05, 0) is 42.0 Å². The minimum absolute atomic E-state index is 0. The first-order chi connectivity index (χ1) is 15.1. The van der Waals surface area contributed by atoms with Crippen LogP contribution in [0.25, 0.3) is 16.8 Å². The third-order valence-electron chi connectivity index (χ3n) is 4.60. The number of carbonyl (C=O) groups is 1. The highest BCUT2D eigenvalue weighted by Gasteiger charge is 2.07. The number of hydrogen-bond donors (Lipinski definition) is 3. The molecule has 0 saturated carbocycles. The lowest BCUT2D eigenvalue weighted by atomic mass is 10.0. The maximum absolute atomic E-state index is 11.3. The van der Waals surface area contributed by atoms with Crippen molar-refractivity contribution in [1.82, 2.24) is 16.1 Å². The Balaban J connectivity index is 0.00000289. The van der Waals surface area contributed by atoms with Crippen molar-refractivity contribution >= 4 is 23.0 Å². The maximum Gasteiger partial charge on any atom is 0.248 e. The van der Waals surface area contributed by atoms with Gasteiger partial charge in [-0.15, -0.1) is 0 Å². The number of nitrogens with one attached hydrogen (secondary N) is 1. The van der Waals surface area contributed by atoms with Crippen LogP contribution in [0.3, 0.4) is 0 Å². The lowest BCUT2D eigenvalue weighted by Crippen LogP contribution is -2.11. The Kier molecular flexibility index (Phi) is 6.95. The summed E-state index contributed by atoms with van der Waals surface area (Å²) in [5, 5.41) is 3.27. The number of nitrogens with zero attached hydrogens (tertiary/aromatic N) is 2. The van der Waals surface area contributed by atoms with Crippen molar-refractivity contribution in [3.63, 3.8) is 0 Å². The van der Waals surface area contributed by atoms with E-state index in [1.54, 1.807) is 12.1 Å². The smallest absolute Gasteiger partial charge is 0.248 e. The molecule has 0 unspecified atom stereocenters. The number of aromatic nitrogens is 2. The van der Waals surface area contributed by atoms with Gasteiger partial charge in [-0.2, -0.15) is 0 Å². The summed E-state index contributed by atoms with van der Waals surface area (Å²) >= 11 is 0. The highest BCUT2D eigenvalue weighted by Crippen LogP contribution is 2.26. The first-order valence-corrected chi connectivity index (χ1v) is 9.60. The first-order valence-electron chi connectivity index (χ1n) is 9.60. The van der Waals surface area contributed by atoms with Crippen LogP contribution in [0.5, 0.6) is 11.5 Å². The van der Waals surface area contributed by atoms with Crippen LogP contribution in [0, 0.1) is 0 Å². The second kappa shape index (κ2) is 10.0. The average molecular weight is 425 g/mol. The van der Waals surface area contributed by atoms with Crippen molar-refractivity contribution in [1.29, 1.82) is 0 Å². The van der Waals surface area contributed by atoms with Crippen LogP contribution in [-0.2, 0) is 4.79 Å². The van der Waals surface area contributed by atoms with Gasteiger partial charge in [0, 0.05) is 22.9 Å². The molecule has 1 heterocycles. The highest BCUT2D eigenvalue weighted by molar-refractivity contribution is 6.17. The van der Waals surface area contributed by atoms with E-state index in [0.717, 1.165) is 28.4 Å². The molecule has 7 nitrogen and oxygen atoms in total. The van der Waals surface area contributed by atoms with Crippen LogP contribution < -0.4 is 21.9 Å². The third kappa shape index (κ3) is 5.35. The van der Waals surface area contributed by atoms with E-state index in [1.165, 1.54) is 6.33 Å². The van der Waals surface area contributed by atoms with Crippen LogP contribution in [0.4, 0.5) is 11.5 Å². The molecule has 0 aliphatic rings. The highest BCUT2D eigenvalue weighted by atomic mass is 16.5. The number of nitrogens with two attached hydrogens (primary N) is 1. The van der Waals surface area contributed by atoms with E-state index in [0.29, 0.717) is 11.4 Å². The van der Waals surface area contributed by atoms with Crippen molar-refractivity contribution in [3.05, 3.63) is 103 Å². The van der Waals surface area contributed by atoms with Gasteiger partial charge in [0.25, 0.3) is 0 Å². The van der Waals surface area contributed by atoms with E-state index in [1.807, 2.05) is 72.8 Å². The number of rotatable bonds is 7. The minimum atomic E-state index is -0.540. The van der Waals surface area contributed by atoms with Crippen LogP contribution in [0.15, 0.2) is 97.8 Å². The Morgan fingerprint density at radius 2 is 1.53 bits per heavy atom. The van der Waals surface area contributed by atoms with E-state index in [2.05, 4.69) is 21.9 Å². The molecule has 0 atom stereocenters. The number of primary amides is 1. The van der Waals surface area contributed by atoms with Gasteiger partial charge in [-0.1, -0.05) is 49.0 Å². The van der Waals surface area contributed by atoms with Gasteiger partial charge in [0.2, 0.25) is 5.91 Å². The van der Waals surface area contributed by atoms with Crippen molar-refractivity contribution < 1.29 is 9.53 Å². The predicted octanol–water partition coefficient (Wildman–Crippen LogP) is 5.34. The number of carbonyl (C=O) groups excluding carboxylic acids is 1. The molecule has 0 saturated heterocycles. The zero-order valence-corrected chi connectivity index (χ0v) is 17.4. The number of benzene rings is 3. The fraction of sp³-hybridized carbons (Fsp3) is 0. The van der Waals surface area contributed by atoms with Gasteiger partial charge in [0.1, 0.15) is 23.6 Å². The van der Waals surface area contributed by atoms with Crippen LogP contribution in [-0.4, -0.2) is 15.9 Å². The Morgan fingerprint density at radius 3 is 2.19 bits per heavy atom. The fourth-order valence-corrected chi connectivity index (χ4v) is 2.95. The summed E-state index contributed by atoms with van der Waals surface area (Å²) < 4.78 is 5.81. The summed E-state index contributed by atoms with van der Waals surface area (Å²) in [6.45, 7) is 3.70. The average Bonchev–Trinajstić information content (AvgIpc) is 2.81. The minimum Gasteiger partial charge on any atom is -0.457 e. The molecule has 3 aromatic carbocycles. The lowest BCUT2D eigenvalue weighted by Gasteiger charge is -2.09. The number of anilines is 2. The number of hydrogen-bond acceptors (Lipinski definition) is 6. The van der Waals surface area contributed by atoms with E-state index < -0.39 is 5.91 Å². The largest absolute Gasteiger partial charge is 0.457 e. The Bertz CT molecular complexity index is 1210. The van der Waals surface area contributed by atoms with Gasteiger partial charge in [-0.25, -0.2) is 9.97 Å². The maximum atomic E-state index is 11.3. The molecule has 0 spiro atoms. The zero-order valence-electron chi connectivity index (χ0n) is 17.4. The van der Waals surface area contributed by atoms with Crippen LogP contribution >= 0.6 is 0 Å². The Morgan fingerprint density at radius 1 is 0.875 bits per heavy atom. The molecule has 4 aromatic rings. The summed E-state index contributed by atoms with van der Waals surface area (Å²) in [6, 6.07) is 26.4. The van der Waals surface area contributed by atoms with Gasteiger partial charge in [-0.3, -0.25) is 4.79 Å². The molecule has 0 radical (unpaired) electrons. The molecule has 0 bridgehead atoms. The summed E-state index contributed by atoms with van der Waals surface area (Å²) in [7, 11) is 0. The molecule has 0 aliphatic heterocycles. The third-order valence-corrected chi connectivity index (χ3v) is 4.60. The molecular weight excluding hydrogens is 402 g/mol. The van der Waals surface area contributed by atoms with Crippen LogP contribution in [0.2, 0.25) is 0 Å². The summed E-state index contributed by atoms with van der Waals surface area (Å²) in [5.74, 6) is 1.65. The Hall–Kier alpha value is -4.49. The van der Waals surface area contributed by atoms with Gasteiger partial charge in [0.15, 0.2) is 0 Å². The topological polar surface area (TPSA) is 125 Å². The van der Waals surface area contributed by atoms with Gasteiger partial charge < -0.3 is 21.9 Å². The molecule has 1 aromatic heterocycles. The monoisotopic (exact) mass is 425 g/mol. The normalized spacial score (nSPS) is 10.0. The molecule has 6 N–H and O–H groups in total. The van der Waals surface area contributed by atoms with Gasteiger partial charge >= 0.3 is 0 Å². The zero-order chi connectivity index (χ0) is 21.6. The predicted molar refractivity (Wildman–Crippen MR) is 127 cm³/mol. The number of para-hydroxylation sites is 1. The van der Waals surface area contributed by atoms with E-state index >= 15 is 0 Å². The molecule has 32 heavy (non-hydrogen) atoms. The van der Waals surface area contributed by atoms with Gasteiger partial charge in [0.05, 0.1) is 5.69 Å². The van der Waals surface area contributed by atoms with Crippen molar-refractivity contribution in [3.8, 4) is 22.8 Å². The summed E-state index contributed by atoms with van der Waals surface area (Å²) in [5.41, 5.74) is 8.75. The van der Waals surface area contributed by atoms with Crippen molar-refractivity contribution in [2.75, 3.05) is 5.32 Å². The molecule has 7 heteroatoms. The molecule has 1 amide bonds. The first kappa shape index (κ1) is 22.2. The molecule has 0 aliphatic carbocycles. The molecular formula is C25H23N5O2. The molecule has 160 valence electrons. The van der Waals surface area contributed by atoms with E-state index in [9.17, 15) is 4.79 Å².